The first kappa shape index (κ1) is 18.7. The van der Waals surface area contributed by atoms with Crippen molar-refractivity contribution in [2.75, 3.05) is 6.61 Å². The van der Waals surface area contributed by atoms with Crippen molar-refractivity contribution >= 4 is 0 Å². The van der Waals surface area contributed by atoms with Gasteiger partial charge in [-0.05, 0) is 17.2 Å². The number of hydrogen-bond donors (Lipinski definition) is 0. The van der Waals surface area contributed by atoms with Gasteiger partial charge in [-0.1, -0.05) is 60.7 Å². The maximum atomic E-state index is 6.25. The molecule has 0 radical (unpaired) electrons. The highest BCUT2D eigenvalue weighted by atomic mass is 16.6. The van der Waals surface area contributed by atoms with Crippen LogP contribution >= 0.6 is 0 Å². The van der Waals surface area contributed by atoms with E-state index in [9.17, 15) is 0 Å². The number of aromatic nitrogens is 2. The van der Waals surface area contributed by atoms with Crippen molar-refractivity contribution < 1.29 is 14.2 Å². The summed E-state index contributed by atoms with van der Waals surface area (Å²) in [4.78, 5) is 8.33. The van der Waals surface area contributed by atoms with Crippen LogP contribution in [-0.4, -0.2) is 28.8 Å². The lowest BCUT2D eigenvalue weighted by atomic mass is 10.1. The molecule has 1 saturated heterocycles. The summed E-state index contributed by atoms with van der Waals surface area (Å²) in [6, 6.07) is 22.2. The second-order valence-corrected chi connectivity index (χ2v) is 6.87. The molecule has 4 rings (SSSR count). The van der Waals surface area contributed by atoms with E-state index in [1.54, 1.807) is 12.5 Å². The SMILES string of the molecule is c1ccc(COC[C@H]2O[C@H](c3ccncn3)C[C@@H]2OCc2ccccc2)cc1. The van der Waals surface area contributed by atoms with Crippen molar-refractivity contribution in [2.45, 2.75) is 37.9 Å². The highest BCUT2D eigenvalue weighted by Gasteiger charge is 2.37. The zero-order valence-electron chi connectivity index (χ0n) is 15.7. The summed E-state index contributed by atoms with van der Waals surface area (Å²) in [5.41, 5.74) is 3.18. The Morgan fingerprint density at radius 1 is 0.893 bits per heavy atom. The smallest absolute Gasteiger partial charge is 0.115 e. The van der Waals surface area contributed by atoms with Gasteiger partial charge >= 0.3 is 0 Å². The third-order valence-electron chi connectivity index (χ3n) is 4.84. The molecule has 1 aliphatic rings. The topological polar surface area (TPSA) is 53.5 Å². The van der Waals surface area contributed by atoms with Crippen LogP contribution < -0.4 is 0 Å². The lowest BCUT2D eigenvalue weighted by Crippen LogP contribution is -2.29. The monoisotopic (exact) mass is 376 g/mol. The fourth-order valence-corrected chi connectivity index (χ4v) is 3.37. The average molecular weight is 376 g/mol. The zero-order chi connectivity index (χ0) is 19.0. The first-order valence-electron chi connectivity index (χ1n) is 9.57. The van der Waals surface area contributed by atoms with Crippen molar-refractivity contribution in [2.24, 2.45) is 0 Å². The molecule has 1 aliphatic heterocycles. The average Bonchev–Trinajstić information content (AvgIpc) is 3.17. The van der Waals surface area contributed by atoms with Crippen molar-refractivity contribution in [3.8, 4) is 0 Å². The lowest BCUT2D eigenvalue weighted by Gasteiger charge is -2.19. The van der Waals surface area contributed by atoms with E-state index in [-0.39, 0.29) is 18.3 Å². The molecule has 3 atom stereocenters. The number of rotatable bonds is 8. The minimum atomic E-state index is -0.132. The van der Waals surface area contributed by atoms with E-state index in [2.05, 4.69) is 34.2 Å². The summed E-state index contributed by atoms with van der Waals surface area (Å²) in [7, 11) is 0. The van der Waals surface area contributed by atoms with E-state index in [1.165, 1.54) is 0 Å². The lowest BCUT2D eigenvalue weighted by molar-refractivity contribution is -0.0720. The van der Waals surface area contributed by atoms with Crippen LogP contribution in [0, 0.1) is 0 Å². The normalized spacial score (nSPS) is 21.6. The van der Waals surface area contributed by atoms with Crippen LogP contribution in [0.1, 0.15) is 29.3 Å². The first-order chi connectivity index (χ1) is 13.9. The third-order valence-corrected chi connectivity index (χ3v) is 4.84. The van der Waals surface area contributed by atoms with E-state index < -0.39 is 0 Å². The van der Waals surface area contributed by atoms with Crippen LogP contribution in [0.5, 0.6) is 0 Å². The Morgan fingerprint density at radius 2 is 1.61 bits per heavy atom. The second kappa shape index (κ2) is 9.55. The highest BCUT2D eigenvalue weighted by molar-refractivity contribution is 5.14. The van der Waals surface area contributed by atoms with Crippen LogP contribution in [0.25, 0.3) is 0 Å². The summed E-state index contributed by atoms with van der Waals surface area (Å²) in [6.45, 7) is 1.60. The van der Waals surface area contributed by atoms with E-state index >= 15 is 0 Å². The predicted molar refractivity (Wildman–Crippen MR) is 105 cm³/mol. The van der Waals surface area contributed by atoms with Gasteiger partial charge in [-0.25, -0.2) is 9.97 Å². The Bertz CT molecular complexity index is 830. The van der Waals surface area contributed by atoms with Crippen LogP contribution in [-0.2, 0) is 27.4 Å². The van der Waals surface area contributed by atoms with Crippen LogP contribution in [0.2, 0.25) is 0 Å². The van der Waals surface area contributed by atoms with Crippen molar-refractivity contribution in [3.05, 3.63) is 96.1 Å². The van der Waals surface area contributed by atoms with Gasteiger partial charge in [-0.3, -0.25) is 0 Å². The maximum absolute atomic E-state index is 6.25. The highest BCUT2D eigenvalue weighted by Crippen LogP contribution is 2.34. The third kappa shape index (κ3) is 5.01. The number of hydrogen-bond acceptors (Lipinski definition) is 5. The molecular weight excluding hydrogens is 352 g/mol. The molecule has 5 nitrogen and oxygen atoms in total. The van der Waals surface area contributed by atoms with E-state index in [0.717, 1.165) is 23.2 Å². The Labute approximate surface area is 165 Å². The molecule has 0 aliphatic carbocycles. The van der Waals surface area contributed by atoms with Gasteiger partial charge in [0.1, 0.15) is 18.5 Å². The molecule has 1 fully saturated rings. The van der Waals surface area contributed by atoms with Crippen LogP contribution in [0.4, 0.5) is 0 Å². The molecule has 5 heteroatoms. The standard InChI is InChI=1S/C23H24N2O3/c1-3-7-18(8-4-1)14-26-16-23-22(27-15-19-9-5-2-6-10-19)13-21(28-23)20-11-12-24-17-25-20/h1-12,17,21-23H,13-16H2/t21-,22-,23+/m0/s1. The second-order valence-electron chi connectivity index (χ2n) is 6.87. The molecule has 144 valence electrons. The predicted octanol–water partition coefficient (Wildman–Crippen LogP) is 4.11. The van der Waals surface area contributed by atoms with E-state index in [1.807, 2.05) is 42.5 Å². The number of ether oxygens (including phenoxy) is 3. The molecular formula is C23H24N2O3. The first-order valence-corrected chi connectivity index (χ1v) is 9.57. The van der Waals surface area contributed by atoms with E-state index in [0.29, 0.717) is 19.8 Å². The molecule has 28 heavy (non-hydrogen) atoms. The van der Waals surface area contributed by atoms with Gasteiger partial charge in [0.25, 0.3) is 0 Å². The molecule has 0 bridgehead atoms. The van der Waals surface area contributed by atoms with Crippen LogP contribution in [0.15, 0.2) is 79.3 Å². The Morgan fingerprint density at radius 3 is 2.29 bits per heavy atom. The molecule has 0 N–H and O–H groups in total. The minimum Gasteiger partial charge on any atom is -0.374 e. The molecule has 0 saturated carbocycles. The molecule has 2 heterocycles. The van der Waals surface area contributed by atoms with Gasteiger partial charge in [0, 0.05) is 12.6 Å². The zero-order valence-corrected chi connectivity index (χ0v) is 15.7. The van der Waals surface area contributed by atoms with E-state index in [4.69, 9.17) is 14.2 Å². The van der Waals surface area contributed by atoms with Gasteiger partial charge in [-0.15, -0.1) is 0 Å². The number of nitrogens with zero attached hydrogens (tertiary/aromatic N) is 2. The summed E-state index contributed by atoms with van der Waals surface area (Å²) in [5.74, 6) is 0. The summed E-state index contributed by atoms with van der Waals surface area (Å²) < 4.78 is 18.4. The molecule has 3 aromatic rings. The molecule has 1 aromatic heterocycles. The quantitative estimate of drug-likeness (QED) is 0.592. The van der Waals surface area contributed by atoms with Gasteiger partial charge in [0.2, 0.25) is 0 Å². The minimum absolute atomic E-state index is 0.0454. The Balaban J connectivity index is 1.38. The molecule has 0 amide bonds. The summed E-state index contributed by atoms with van der Waals surface area (Å²) >= 11 is 0. The largest absolute Gasteiger partial charge is 0.374 e. The maximum Gasteiger partial charge on any atom is 0.115 e. The van der Waals surface area contributed by atoms with Crippen molar-refractivity contribution in [1.29, 1.82) is 0 Å². The van der Waals surface area contributed by atoms with Crippen molar-refractivity contribution in [3.63, 3.8) is 0 Å². The Kier molecular flexibility index (Phi) is 6.40. The summed E-state index contributed by atoms with van der Waals surface area (Å²) in [6.07, 6.45) is 3.77. The van der Waals surface area contributed by atoms with Gasteiger partial charge in [0.05, 0.1) is 31.6 Å². The molecule has 2 aromatic carbocycles. The Hall–Kier alpha value is -2.60. The van der Waals surface area contributed by atoms with Gasteiger partial charge in [0.15, 0.2) is 0 Å². The molecule has 0 spiro atoms. The fraction of sp³-hybridized carbons (Fsp3) is 0.304. The van der Waals surface area contributed by atoms with Gasteiger partial charge in [-0.2, -0.15) is 0 Å². The van der Waals surface area contributed by atoms with Crippen LogP contribution in [0.3, 0.4) is 0 Å². The number of benzene rings is 2. The van der Waals surface area contributed by atoms with Gasteiger partial charge < -0.3 is 14.2 Å². The fourth-order valence-electron chi connectivity index (χ4n) is 3.37. The van der Waals surface area contributed by atoms with Crippen molar-refractivity contribution in [1.82, 2.24) is 9.97 Å². The summed E-state index contributed by atoms with van der Waals surface area (Å²) in [5, 5.41) is 0. The molecule has 0 unspecified atom stereocenters.